The van der Waals surface area contributed by atoms with Crippen molar-refractivity contribution >= 4 is 11.6 Å². The van der Waals surface area contributed by atoms with Crippen molar-refractivity contribution in [2.45, 2.75) is 39.8 Å². The van der Waals surface area contributed by atoms with Crippen LogP contribution in [0.2, 0.25) is 0 Å². The number of hydrogen-bond donors (Lipinski definition) is 2. The van der Waals surface area contributed by atoms with Crippen molar-refractivity contribution in [3.63, 3.8) is 0 Å². The molecular formula is C17H24N4O. The van der Waals surface area contributed by atoms with Crippen LogP contribution in [0.5, 0.6) is 5.75 Å². The molecule has 0 saturated carbocycles. The summed E-state index contributed by atoms with van der Waals surface area (Å²) < 4.78 is 5.16. The zero-order valence-corrected chi connectivity index (χ0v) is 13.7. The lowest BCUT2D eigenvalue weighted by molar-refractivity contribution is 0.414. The van der Waals surface area contributed by atoms with Gasteiger partial charge in [-0.05, 0) is 38.0 Å². The van der Waals surface area contributed by atoms with Gasteiger partial charge in [0.05, 0.1) is 7.11 Å². The fourth-order valence-corrected chi connectivity index (χ4v) is 2.02. The summed E-state index contributed by atoms with van der Waals surface area (Å²) in [6, 6.07) is 10.3. The van der Waals surface area contributed by atoms with Gasteiger partial charge < -0.3 is 15.4 Å². The van der Waals surface area contributed by atoms with Crippen LogP contribution in [0.1, 0.15) is 31.7 Å². The van der Waals surface area contributed by atoms with Crippen LogP contribution in [0.15, 0.2) is 30.3 Å². The molecule has 22 heavy (non-hydrogen) atoms. The molecule has 1 aromatic heterocycles. The van der Waals surface area contributed by atoms with Crippen LogP contribution < -0.4 is 15.4 Å². The predicted octanol–water partition coefficient (Wildman–Crippen LogP) is 3.62. The van der Waals surface area contributed by atoms with E-state index < -0.39 is 0 Å². The Bertz CT molecular complexity index is 598. The standard InChI is InChI=1S/C17H24N4O/c1-5-12(2)19-17-10-16(20-13(3)21-17)18-11-14-6-8-15(22-4)9-7-14/h6-10,12H,5,11H2,1-4H3,(H2,18,19,20,21). The maximum absolute atomic E-state index is 5.16. The third-order valence-electron chi connectivity index (χ3n) is 3.48. The molecule has 5 heteroatoms. The smallest absolute Gasteiger partial charge is 0.132 e. The molecule has 0 radical (unpaired) electrons. The molecule has 1 heterocycles. The van der Waals surface area contributed by atoms with E-state index in [4.69, 9.17) is 4.74 Å². The Labute approximate surface area is 132 Å². The first-order chi connectivity index (χ1) is 10.6. The highest BCUT2D eigenvalue weighted by atomic mass is 16.5. The summed E-state index contributed by atoms with van der Waals surface area (Å²) in [5, 5.41) is 6.72. The molecule has 0 aliphatic rings. The zero-order valence-electron chi connectivity index (χ0n) is 13.7. The van der Waals surface area contributed by atoms with Crippen LogP contribution >= 0.6 is 0 Å². The number of nitrogens with zero attached hydrogens (tertiary/aromatic N) is 2. The summed E-state index contributed by atoms with van der Waals surface area (Å²) in [4.78, 5) is 8.85. The number of aromatic nitrogens is 2. The van der Waals surface area contributed by atoms with Crippen LogP contribution in [0.25, 0.3) is 0 Å². The van der Waals surface area contributed by atoms with Crippen molar-refractivity contribution in [1.82, 2.24) is 9.97 Å². The van der Waals surface area contributed by atoms with E-state index in [0.717, 1.165) is 29.6 Å². The Kier molecular flexibility index (Phi) is 5.58. The van der Waals surface area contributed by atoms with Crippen LogP contribution in [0.4, 0.5) is 11.6 Å². The van der Waals surface area contributed by atoms with Crippen molar-refractivity contribution < 1.29 is 4.74 Å². The first kappa shape index (κ1) is 16.1. The Morgan fingerprint density at radius 3 is 2.45 bits per heavy atom. The summed E-state index contributed by atoms with van der Waals surface area (Å²) in [6.45, 7) is 6.90. The van der Waals surface area contributed by atoms with Crippen molar-refractivity contribution in [3.8, 4) is 5.75 Å². The highest BCUT2D eigenvalue weighted by Gasteiger charge is 2.05. The van der Waals surface area contributed by atoms with E-state index in [1.54, 1.807) is 7.11 Å². The van der Waals surface area contributed by atoms with Crippen LogP contribution in [-0.2, 0) is 6.54 Å². The second-order valence-corrected chi connectivity index (χ2v) is 5.34. The van der Waals surface area contributed by atoms with Crippen molar-refractivity contribution in [3.05, 3.63) is 41.7 Å². The number of anilines is 2. The van der Waals surface area contributed by atoms with E-state index in [1.165, 1.54) is 5.56 Å². The van der Waals surface area contributed by atoms with Crippen LogP contribution in [0, 0.1) is 6.92 Å². The number of aryl methyl sites for hydroxylation is 1. The van der Waals surface area contributed by atoms with E-state index in [2.05, 4.69) is 34.4 Å². The lowest BCUT2D eigenvalue weighted by Crippen LogP contribution is -2.15. The normalized spacial score (nSPS) is 11.8. The summed E-state index contributed by atoms with van der Waals surface area (Å²) in [7, 11) is 1.67. The maximum atomic E-state index is 5.16. The summed E-state index contributed by atoms with van der Waals surface area (Å²) in [6.07, 6.45) is 1.05. The van der Waals surface area contributed by atoms with Gasteiger partial charge >= 0.3 is 0 Å². The Balaban J connectivity index is 2.02. The van der Waals surface area contributed by atoms with Crippen molar-refractivity contribution in [2.24, 2.45) is 0 Å². The highest BCUT2D eigenvalue weighted by molar-refractivity contribution is 5.48. The van der Waals surface area contributed by atoms with Gasteiger partial charge in [-0.25, -0.2) is 9.97 Å². The average molecular weight is 300 g/mol. The van der Waals surface area contributed by atoms with Gasteiger partial charge in [0.1, 0.15) is 23.2 Å². The topological polar surface area (TPSA) is 59.1 Å². The van der Waals surface area contributed by atoms with E-state index in [9.17, 15) is 0 Å². The van der Waals surface area contributed by atoms with Gasteiger partial charge in [0.2, 0.25) is 0 Å². The quantitative estimate of drug-likeness (QED) is 0.818. The lowest BCUT2D eigenvalue weighted by atomic mass is 10.2. The fraction of sp³-hybridized carbons (Fsp3) is 0.412. The molecule has 2 rings (SSSR count). The largest absolute Gasteiger partial charge is 0.497 e. The monoisotopic (exact) mass is 300 g/mol. The Morgan fingerprint density at radius 2 is 1.82 bits per heavy atom. The molecule has 1 atom stereocenters. The van der Waals surface area contributed by atoms with E-state index in [0.29, 0.717) is 12.6 Å². The zero-order chi connectivity index (χ0) is 15.9. The second-order valence-electron chi connectivity index (χ2n) is 5.34. The predicted molar refractivity (Wildman–Crippen MR) is 90.5 cm³/mol. The first-order valence-electron chi connectivity index (χ1n) is 7.59. The molecule has 2 aromatic rings. The molecule has 0 spiro atoms. The van der Waals surface area contributed by atoms with Gasteiger partial charge in [0, 0.05) is 18.7 Å². The molecule has 0 bridgehead atoms. The lowest BCUT2D eigenvalue weighted by Gasteiger charge is -2.14. The van der Waals surface area contributed by atoms with Gasteiger partial charge in [-0.3, -0.25) is 0 Å². The summed E-state index contributed by atoms with van der Waals surface area (Å²) in [5.74, 6) is 3.31. The van der Waals surface area contributed by atoms with Crippen molar-refractivity contribution in [2.75, 3.05) is 17.7 Å². The van der Waals surface area contributed by atoms with E-state index in [-0.39, 0.29) is 0 Å². The number of ether oxygens (including phenoxy) is 1. The molecule has 0 amide bonds. The van der Waals surface area contributed by atoms with Gasteiger partial charge in [0.15, 0.2) is 0 Å². The molecular weight excluding hydrogens is 276 g/mol. The molecule has 1 aromatic carbocycles. The number of hydrogen-bond acceptors (Lipinski definition) is 5. The maximum Gasteiger partial charge on any atom is 0.132 e. The Hall–Kier alpha value is -2.30. The first-order valence-corrected chi connectivity index (χ1v) is 7.59. The number of methoxy groups -OCH3 is 1. The minimum absolute atomic E-state index is 0.392. The number of rotatable bonds is 7. The molecule has 1 unspecified atom stereocenters. The SMILES string of the molecule is CCC(C)Nc1cc(NCc2ccc(OC)cc2)nc(C)n1. The average Bonchev–Trinajstić information content (AvgIpc) is 2.52. The number of nitrogens with one attached hydrogen (secondary N) is 2. The second kappa shape index (κ2) is 7.64. The molecule has 0 aliphatic heterocycles. The molecule has 0 saturated heterocycles. The molecule has 2 N–H and O–H groups in total. The van der Waals surface area contributed by atoms with E-state index >= 15 is 0 Å². The van der Waals surface area contributed by atoms with Crippen molar-refractivity contribution in [1.29, 1.82) is 0 Å². The van der Waals surface area contributed by atoms with Crippen LogP contribution in [0.3, 0.4) is 0 Å². The molecule has 0 aliphatic carbocycles. The van der Waals surface area contributed by atoms with E-state index in [1.807, 2.05) is 37.3 Å². The fourth-order valence-electron chi connectivity index (χ4n) is 2.02. The van der Waals surface area contributed by atoms with Crippen LogP contribution in [-0.4, -0.2) is 23.1 Å². The Morgan fingerprint density at radius 1 is 1.14 bits per heavy atom. The summed E-state index contributed by atoms with van der Waals surface area (Å²) in [5.41, 5.74) is 1.17. The third kappa shape index (κ3) is 4.62. The molecule has 0 fully saturated rings. The summed E-state index contributed by atoms with van der Waals surface area (Å²) >= 11 is 0. The van der Waals surface area contributed by atoms with Gasteiger partial charge in [-0.2, -0.15) is 0 Å². The van der Waals surface area contributed by atoms with Gasteiger partial charge in [0.25, 0.3) is 0 Å². The minimum Gasteiger partial charge on any atom is -0.497 e. The minimum atomic E-state index is 0.392. The van der Waals surface area contributed by atoms with Gasteiger partial charge in [-0.15, -0.1) is 0 Å². The van der Waals surface area contributed by atoms with Gasteiger partial charge in [-0.1, -0.05) is 19.1 Å². The number of benzene rings is 1. The third-order valence-corrected chi connectivity index (χ3v) is 3.48. The molecule has 5 nitrogen and oxygen atoms in total. The highest BCUT2D eigenvalue weighted by Crippen LogP contribution is 2.15. The molecule has 118 valence electrons.